The SMILES string of the molecule is O=C(NCCc1cnc[nH]1)Nc1ccnn1C[C@H]1CC=CCC1. The summed E-state index contributed by atoms with van der Waals surface area (Å²) in [6.07, 6.45) is 13.7. The molecule has 122 valence electrons. The highest BCUT2D eigenvalue weighted by atomic mass is 16.2. The van der Waals surface area contributed by atoms with Crippen LogP contribution in [0.5, 0.6) is 0 Å². The normalized spacial score (nSPS) is 17.1. The second-order valence-corrected chi connectivity index (χ2v) is 5.76. The summed E-state index contributed by atoms with van der Waals surface area (Å²) >= 11 is 0. The topological polar surface area (TPSA) is 87.6 Å². The third-order valence-corrected chi connectivity index (χ3v) is 4.00. The van der Waals surface area contributed by atoms with Gasteiger partial charge in [-0.25, -0.2) is 14.5 Å². The van der Waals surface area contributed by atoms with E-state index in [1.807, 2.05) is 10.7 Å². The number of hydrogen-bond donors (Lipinski definition) is 3. The maximum atomic E-state index is 12.0. The average Bonchev–Trinajstić information content (AvgIpc) is 3.21. The van der Waals surface area contributed by atoms with Crippen molar-refractivity contribution in [3.63, 3.8) is 0 Å². The summed E-state index contributed by atoms with van der Waals surface area (Å²) in [7, 11) is 0. The van der Waals surface area contributed by atoms with Gasteiger partial charge in [0.25, 0.3) is 0 Å². The molecule has 0 saturated heterocycles. The molecular formula is C16H22N6O. The van der Waals surface area contributed by atoms with Crippen molar-refractivity contribution < 1.29 is 4.79 Å². The molecule has 2 amide bonds. The number of carbonyl (C=O) groups is 1. The van der Waals surface area contributed by atoms with Gasteiger partial charge in [0.15, 0.2) is 0 Å². The Bertz CT molecular complexity index is 645. The van der Waals surface area contributed by atoms with Gasteiger partial charge in [0.2, 0.25) is 0 Å². The number of aromatic amines is 1. The van der Waals surface area contributed by atoms with Gasteiger partial charge in [-0.1, -0.05) is 12.2 Å². The number of urea groups is 1. The molecule has 0 spiro atoms. The van der Waals surface area contributed by atoms with Crippen molar-refractivity contribution in [2.75, 3.05) is 11.9 Å². The molecule has 1 aliphatic carbocycles. The minimum atomic E-state index is -0.213. The van der Waals surface area contributed by atoms with Gasteiger partial charge >= 0.3 is 6.03 Å². The van der Waals surface area contributed by atoms with Gasteiger partial charge in [-0.15, -0.1) is 0 Å². The molecule has 0 aromatic carbocycles. The molecular weight excluding hydrogens is 292 g/mol. The number of hydrogen-bond acceptors (Lipinski definition) is 3. The Morgan fingerprint density at radius 3 is 3.17 bits per heavy atom. The Morgan fingerprint density at radius 1 is 1.43 bits per heavy atom. The first-order valence-corrected chi connectivity index (χ1v) is 8.00. The summed E-state index contributed by atoms with van der Waals surface area (Å²) in [6, 6.07) is 1.61. The fourth-order valence-corrected chi connectivity index (χ4v) is 2.74. The summed E-state index contributed by atoms with van der Waals surface area (Å²) in [5.74, 6) is 1.32. The van der Waals surface area contributed by atoms with Crippen molar-refractivity contribution in [1.29, 1.82) is 0 Å². The molecule has 0 unspecified atom stereocenters. The van der Waals surface area contributed by atoms with E-state index < -0.39 is 0 Å². The number of aromatic nitrogens is 4. The summed E-state index contributed by atoms with van der Waals surface area (Å²) in [4.78, 5) is 18.9. The maximum absolute atomic E-state index is 12.0. The number of H-pyrrole nitrogens is 1. The zero-order valence-electron chi connectivity index (χ0n) is 13.0. The van der Waals surface area contributed by atoms with Gasteiger partial charge in [0, 0.05) is 37.5 Å². The first kappa shape index (κ1) is 15.3. The van der Waals surface area contributed by atoms with E-state index in [0.717, 1.165) is 37.3 Å². The highest BCUT2D eigenvalue weighted by Crippen LogP contribution is 2.21. The van der Waals surface area contributed by atoms with Crippen molar-refractivity contribution in [3.8, 4) is 0 Å². The minimum Gasteiger partial charge on any atom is -0.348 e. The lowest BCUT2D eigenvalue weighted by molar-refractivity contribution is 0.252. The third kappa shape index (κ3) is 4.45. The number of allylic oxidation sites excluding steroid dienone is 2. The molecule has 7 nitrogen and oxygen atoms in total. The minimum absolute atomic E-state index is 0.213. The molecule has 0 bridgehead atoms. The van der Waals surface area contributed by atoms with Crippen LogP contribution in [0.25, 0.3) is 0 Å². The molecule has 2 aromatic heterocycles. The van der Waals surface area contributed by atoms with E-state index >= 15 is 0 Å². The predicted molar refractivity (Wildman–Crippen MR) is 88.0 cm³/mol. The largest absolute Gasteiger partial charge is 0.348 e. The zero-order valence-corrected chi connectivity index (χ0v) is 13.0. The molecule has 0 aliphatic heterocycles. The molecule has 0 fully saturated rings. The van der Waals surface area contributed by atoms with Crippen molar-refractivity contribution >= 4 is 11.8 Å². The van der Waals surface area contributed by atoms with Gasteiger partial charge in [-0.2, -0.15) is 5.10 Å². The van der Waals surface area contributed by atoms with Crippen molar-refractivity contribution in [1.82, 2.24) is 25.1 Å². The quantitative estimate of drug-likeness (QED) is 0.715. The molecule has 2 aromatic rings. The first-order chi connectivity index (χ1) is 11.3. The van der Waals surface area contributed by atoms with Gasteiger partial charge in [0.1, 0.15) is 5.82 Å². The van der Waals surface area contributed by atoms with Crippen LogP contribution in [-0.4, -0.2) is 32.3 Å². The van der Waals surface area contributed by atoms with Crippen molar-refractivity contribution in [3.05, 3.63) is 42.6 Å². The number of amides is 2. The van der Waals surface area contributed by atoms with Gasteiger partial charge < -0.3 is 10.3 Å². The van der Waals surface area contributed by atoms with Crippen LogP contribution < -0.4 is 10.6 Å². The number of rotatable bonds is 6. The predicted octanol–water partition coefficient (Wildman–Crippen LogP) is 2.33. The molecule has 7 heteroatoms. The number of imidazole rings is 1. The molecule has 2 heterocycles. The lowest BCUT2D eigenvalue weighted by Crippen LogP contribution is -2.31. The van der Waals surface area contributed by atoms with Crippen molar-refractivity contribution in [2.24, 2.45) is 5.92 Å². The van der Waals surface area contributed by atoms with Crippen LogP contribution in [0.3, 0.4) is 0 Å². The Hall–Kier alpha value is -2.57. The van der Waals surface area contributed by atoms with Gasteiger partial charge in [0.05, 0.1) is 12.5 Å². The number of nitrogens with zero attached hydrogens (tertiary/aromatic N) is 3. The highest BCUT2D eigenvalue weighted by molar-refractivity contribution is 5.88. The third-order valence-electron chi connectivity index (χ3n) is 4.00. The number of anilines is 1. The molecule has 3 N–H and O–H groups in total. The number of carbonyl (C=O) groups excluding carboxylic acids is 1. The maximum Gasteiger partial charge on any atom is 0.320 e. The number of nitrogens with one attached hydrogen (secondary N) is 3. The van der Waals surface area contributed by atoms with Gasteiger partial charge in [-0.05, 0) is 25.2 Å². The molecule has 23 heavy (non-hydrogen) atoms. The molecule has 0 radical (unpaired) electrons. The van der Waals surface area contributed by atoms with Gasteiger partial charge in [-0.3, -0.25) is 5.32 Å². The summed E-state index contributed by atoms with van der Waals surface area (Å²) < 4.78 is 1.87. The van der Waals surface area contributed by atoms with Crippen LogP contribution in [0.1, 0.15) is 25.0 Å². The Morgan fingerprint density at radius 2 is 2.39 bits per heavy atom. The van der Waals surface area contributed by atoms with Crippen LogP contribution >= 0.6 is 0 Å². The summed E-state index contributed by atoms with van der Waals surface area (Å²) in [5, 5.41) is 10.0. The first-order valence-electron chi connectivity index (χ1n) is 8.00. The van der Waals surface area contributed by atoms with E-state index in [1.165, 1.54) is 6.42 Å². The fourth-order valence-electron chi connectivity index (χ4n) is 2.74. The zero-order chi connectivity index (χ0) is 15.9. The van der Waals surface area contributed by atoms with E-state index in [2.05, 4.69) is 37.9 Å². The van der Waals surface area contributed by atoms with Crippen LogP contribution in [-0.2, 0) is 13.0 Å². The molecule has 1 aliphatic rings. The highest BCUT2D eigenvalue weighted by Gasteiger charge is 2.14. The average molecular weight is 314 g/mol. The van der Waals surface area contributed by atoms with Crippen LogP contribution in [0.2, 0.25) is 0 Å². The van der Waals surface area contributed by atoms with Crippen LogP contribution in [0, 0.1) is 5.92 Å². The molecule has 0 saturated carbocycles. The fraction of sp³-hybridized carbons (Fsp3) is 0.438. The smallest absolute Gasteiger partial charge is 0.320 e. The second kappa shape index (κ2) is 7.62. The Kier molecular flexibility index (Phi) is 5.08. The van der Waals surface area contributed by atoms with Crippen LogP contribution in [0.15, 0.2) is 36.9 Å². The van der Waals surface area contributed by atoms with E-state index in [0.29, 0.717) is 12.5 Å². The lowest BCUT2D eigenvalue weighted by Gasteiger charge is -2.19. The van der Waals surface area contributed by atoms with Crippen molar-refractivity contribution in [2.45, 2.75) is 32.2 Å². The molecule has 1 atom stereocenters. The summed E-state index contributed by atoms with van der Waals surface area (Å²) in [6.45, 7) is 1.39. The lowest BCUT2D eigenvalue weighted by atomic mass is 9.94. The Balaban J connectivity index is 1.46. The monoisotopic (exact) mass is 314 g/mol. The Labute approximate surface area is 135 Å². The van der Waals surface area contributed by atoms with E-state index in [4.69, 9.17) is 0 Å². The standard InChI is InChI=1S/C16H22N6O/c23-16(18-8-6-14-10-17-12-19-14)21-15-7-9-20-22(15)11-13-4-2-1-3-5-13/h1-2,7,9-10,12-13H,3-6,8,11H2,(H,17,19)(H2,18,21,23)/t13-/m0/s1. The summed E-state index contributed by atoms with van der Waals surface area (Å²) in [5.41, 5.74) is 1.00. The van der Waals surface area contributed by atoms with E-state index in [-0.39, 0.29) is 6.03 Å². The van der Waals surface area contributed by atoms with E-state index in [1.54, 1.807) is 18.7 Å². The molecule has 3 rings (SSSR count). The van der Waals surface area contributed by atoms with Crippen LogP contribution in [0.4, 0.5) is 10.6 Å². The second-order valence-electron chi connectivity index (χ2n) is 5.76. The van der Waals surface area contributed by atoms with E-state index in [9.17, 15) is 4.79 Å².